The number of rotatable bonds is 4. The van der Waals surface area contributed by atoms with Crippen LogP contribution < -0.4 is 0 Å². The van der Waals surface area contributed by atoms with Gasteiger partial charge in [0.15, 0.2) is 0 Å². The van der Waals surface area contributed by atoms with Crippen molar-refractivity contribution in [2.45, 2.75) is 41.2 Å². The van der Waals surface area contributed by atoms with Gasteiger partial charge in [-0.1, -0.05) is 25.5 Å². The molecule has 1 aliphatic carbocycles. The van der Waals surface area contributed by atoms with Crippen molar-refractivity contribution in [3.8, 4) is 0 Å². The summed E-state index contributed by atoms with van der Waals surface area (Å²) in [6.07, 6.45) is 2.17. The predicted octanol–water partition coefficient (Wildman–Crippen LogP) is 3.87. The van der Waals surface area contributed by atoms with Crippen molar-refractivity contribution < 1.29 is 13.9 Å². The molecule has 0 aliphatic heterocycles. The molecule has 2 atom stereocenters. The average Bonchev–Trinajstić information content (AvgIpc) is 2.67. The van der Waals surface area contributed by atoms with Crippen LogP contribution in [-0.2, 0) is 16.1 Å². The van der Waals surface area contributed by atoms with Gasteiger partial charge in [-0.3, -0.25) is 4.79 Å². The number of hydrogen-bond donors (Lipinski definition) is 0. The van der Waals surface area contributed by atoms with Gasteiger partial charge in [-0.05, 0) is 44.2 Å². The number of aryl methyl sites for hydroxylation is 1. The maximum Gasteiger partial charge on any atom is 0.310 e. The van der Waals surface area contributed by atoms with E-state index in [4.69, 9.17) is 9.15 Å². The van der Waals surface area contributed by atoms with E-state index >= 15 is 0 Å². The Bertz CT molecular complexity index is 504. The van der Waals surface area contributed by atoms with E-state index in [0.717, 1.165) is 5.76 Å². The molecule has 2 rings (SSSR count). The number of carbonyl (C=O) groups excluding carboxylic acids is 1. The first kappa shape index (κ1) is 13.9. The third-order valence-corrected chi connectivity index (χ3v) is 3.83. The molecule has 1 heterocycles. The molecular formula is C16H22O3. The molecule has 1 aromatic heterocycles. The number of ether oxygens (including phenoxy) is 1. The van der Waals surface area contributed by atoms with Crippen LogP contribution >= 0.6 is 0 Å². The normalized spacial score (nSPS) is 23.8. The Hall–Kier alpha value is -1.51. The average molecular weight is 262 g/mol. The van der Waals surface area contributed by atoms with Crippen LogP contribution in [0.2, 0.25) is 0 Å². The molecule has 1 fully saturated rings. The molecule has 1 saturated carbocycles. The first-order valence-corrected chi connectivity index (χ1v) is 6.69. The monoisotopic (exact) mass is 262 g/mol. The fraction of sp³-hybridized carbons (Fsp3) is 0.562. The molecule has 2 unspecified atom stereocenters. The van der Waals surface area contributed by atoms with Gasteiger partial charge in [-0.25, -0.2) is 0 Å². The summed E-state index contributed by atoms with van der Waals surface area (Å²) in [7, 11) is 0. The van der Waals surface area contributed by atoms with Crippen molar-refractivity contribution in [2.24, 2.45) is 17.3 Å². The van der Waals surface area contributed by atoms with Gasteiger partial charge in [0.05, 0.1) is 5.92 Å². The fourth-order valence-corrected chi connectivity index (χ4v) is 2.59. The zero-order valence-electron chi connectivity index (χ0n) is 12.3. The second-order valence-electron chi connectivity index (χ2n) is 6.19. The molecule has 0 bridgehead atoms. The summed E-state index contributed by atoms with van der Waals surface area (Å²) >= 11 is 0. The summed E-state index contributed by atoms with van der Waals surface area (Å²) < 4.78 is 10.7. The van der Waals surface area contributed by atoms with Crippen LogP contribution in [0.1, 0.15) is 39.2 Å². The molecule has 19 heavy (non-hydrogen) atoms. The second-order valence-corrected chi connectivity index (χ2v) is 6.19. The zero-order chi connectivity index (χ0) is 14.2. The van der Waals surface area contributed by atoms with E-state index < -0.39 is 0 Å². The number of furan rings is 1. The van der Waals surface area contributed by atoms with Crippen LogP contribution in [0.15, 0.2) is 28.2 Å². The minimum atomic E-state index is -0.124. The van der Waals surface area contributed by atoms with E-state index in [9.17, 15) is 4.79 Å². The van der Waals surface area contributed by atoms with Gasteiger partial charge in [-0.15, -0.1) is 0 Å². The Morgan fingerprint density at radius 1 is 1.42 bits per heavy atom. The maximum absolute atomic E-state index is 12.1. The zero-order valence-corrected chi connectivity index (χ0v) is 12.3. The summed E-state index contributed by atoms with van der Waals surface area (Å²) in [5, 5.41) is 0. The highest BCUT2D eigenvalue weighted by molar-refractivity contribution is 5.78. The van der Waals surface area contributed by atoms with Gasteiger partial charge >= 0.3 is 5.97 Å². The molecule has 0 radical (unpaired) electrons. The van der Waals surface area contributed by atoms with Crippen LogP contribution in [0.25, 0.3) is 0 Å². The Kier molecular flexibility index (Phi) is 3.57. The largest absolute Gasteiger partial charge is 0.463 e. The van der Waals surface area contributed by atoms with Crippen molar-refractivity contribution in [3.05, 3.63) is 35.3 Å². The first-order chi connectivity index (χ1) is 8.82. The highest BCUT2D eigenvalue weighted by Crippen LogP contribution is 2.59. The number of carbonyl (C=O) groups is 1. The van der Waals surface area contributed by atoms with Crippen molar-refractivity contribution in [3.63, 3.8) is 0 Å². The van der Waals surface area contributed by atoms with Crippen molar-refractivity contribution in [2.75, 3.05) is 0 Å². The van der Waals surface area contributed by atoms with Crippen LogP contribution in [0.3, 0.4) is 0 Å². The first-order valence-electron chi connectivity index (χ1n) is 6.69. The van der Waals surface area contributed by atoms with Gasteiger partial charge in [0.2, 0.25) is 0 Å². The molecule has 0 aromatic carbocycles. The van der Waals surface area contributed by atoms with Crippen LogP contribution in [0.5, 0.6) is 0 Å². The van der Waals surface area contributed by atoms with E-state index in [-0.39, 0.29) is 23.9 Å². The van der Waals surface area contributed by atoms with E-state index in [1.165, 1.54) is 5.57 Å². The van der Waals surface area contributed by atoms with Gasteiger partial charge in [0, 0.05) is 0 Å². The molecule has 1 aliphatic rings. The SMILES string of the molecule is CC(C)=CC1C(C(=O)OCc2ccc(C)o2)C1(C)C. The van der Waals surface area contributed by atoms with E-state index in [0.29, 0.717) is 11.7 Å². The molecule has 104 valence electrons. The molecule has 0 N–H and O–H groups in total. The lowest BCUT2D eigenvalue weighted by molar-refractivity contribution is -0.148. The number of hydrogen-bond acceptors (Lipinski definition) is 3. The van der Waals surface area contributed by atoms with Crippen molar-refractivity contribution in [1.82, 2.24) is 0 Å². The van der Waals surface area contributed by atoms with E-state index in [1.54, 1.807) is 0 Å². The highest BCUT2D eigenvalue weighted by Gasteiger charge is 2.61. The lowest BCUT2D eigenvalue weighted by atomic mass is 10.1. The van der Waals surface area contributed by atoms with Crippen LogP contribution in [0.4, 0.5) is 0 Å². The topological polar surface area (TPSA) is 39.4 Å². The molecule has 3 nitrogen and oxygen atoms in total. The van der Waals surface area contributed by atoms with Crippen LogP contribution in [-0.4, -0.2) is 5.97 Å². The molecule has 0 spiro atoms. The third-order valence-electron chi connectivity index (χ3n) is 3.83. The summed E-state index contributed by atoms with van der Waals surface area (Å²) in [5.41, 5.74) is 1.25. The quantitative estimate of drug-likeness (QED) is 0.611. The van der Waals surface area contributed by atoms with Gasteiger partial charge < -0.3 is 9.15 Å². The maximum atomic E-state index is 12.1. The smallest absolute Gasteiger partial charge is 0.310 e. The predicted molar refractivity (Wildman–Crippen MR) is 73.4 cm³/mol. The van der Waals surface area contributed by atoms with Crippen LogP contribution in [0, 0.1) is 24.2 Å². The van der Waals surface area contributed by atoms with Gasteiger partial charge in [0.1, 0.15) is 18.1 Å². The standard InChI is InChI=1S/C16H22O3/c1-10(2)8-13-14(16(13,4)5)15(17)18-9-12-7-6-11(3)19-12/h6-8,13-14H,9H2,1-5H3. The van der Waals surface area contributed by atoms with E-state index in [1.807, 2.05) is 19.1 Å². The minimum Gasteiger partial charge on any atom is -0.463 e. The summed E-state index contributed by atoms with van der Waals surface area (Å²) in [4.78, 5) is 12.1. The molecule has 3 heteroatoms. The highest BCUT2D eigenvalue weighted by atomic mass is 16.5. The lowest BCUT2D eigenvalue weighted by Gasteiger charge is -2.03. The summed E-state index contributed by atoms with van der Waals surface area (Å²) in [6, 6.07) is 3.71. The Balaban J connectivity index is 1.93. The summed E-state index contributed by atoms with van der Waals surface area (Å²) in [6.45, 7) is 10.4. The minimum absolute atomic E-state index is 0.00738. The second kappa shape index (κ2) is 4.87. The molecule has 0 saturated heterocycles. The summed E-state index contributed by atoms with van der Waals surface area (Å²) in [5.74, 6) is 1.67. The third kappa shape index (κ3) is 2.91. The Morgan fingerprint density at radius 3 is 2.63 bits per heavy atom. The van der Waals surface area contributed by atoms with Gasteiger partial charge in [0.25, 0.3) is 0 Å². The number of esters is 1. The van der Waals surface area contributed by atoms with Gasteiger partial charge in [-0.2, -0.15) is 0 Å². The Morgan fingerprint density at radius 2 is 2.11 bits per heavy atom. The fourth-order valence-electron chi connectivity index (χ4n) is 2.59. The van der Waals surface area contributed by atoms with Crippen molar-refractivity contribution >= 4 is 5.97 Å². The van der Waals surface area contributed by atoms with Crippen molar-refractivity contribution in [1.29, 1.82) is 0 Å². The molecule has 0 amide bonds. The molecule has 1 aromatic rings. The number of allylic oxidation sites excluding steroid dienone is 2. The molecular weight excluding hydrogens is 240 g/mol. The van der Waals surface area contributed by atoms with E-state index in [2.05, 4.69) is 33.8 Å². The Labute approximate surface area is 114 Å². The lowest BCUT2D eigenvalue weighted by Crippen LogP contribution is -2.10.